The molecule has 1 aliphatic rings. The van der Waals surface area contributed by atoms with Crippen LogP contribution in [0.25, 0.3) is 0 Å². The maximum atomic E-state index is 11.1. The number of esters is 1. The lowest BCUT2D eigenvalue weighted by Crippen LogP contribution is -2.22. The molecule has 5 nitrogen and oxygen atoms in total. The van der Waals surface area contributed by atoms with E-state index < -0.39 is 0 Å². The third-order valence-corrected chi connectivity index (χ3v) is 3.37. The van der Waals surface area contributed by atoms with Crippen molar-refractivity contribution in [2.24, 2.45) is 0 Å². The van der Waals surface area contributed by atoms with Gasteiger partial charge in [-0.15, -0.1) is 0 Å². The molecule has 0 aliphatic heterocycles. The number of nitrogens with zero attached hydrogens (tertiary/aromatic N) is 2. The molecule has 0 aromatic carbocycles. The van der Waals surface area contributed by atoms with Gasteiger partial charge in [0.2, 0.25) is 0 Å². The van der Waals surface area contributed by atoms with Crippen molar-refractivity contribution >= 4 is 5.97 Å². The first-order valence-corrected chi connectivity index (χ1v) is 6.05. The fourth-order valence-corrected chi connectivity index (χ4v) is 2.41. The van der Waals surface area contributed by atoms with Gasteiger partial charge in [0.1, 0.15) is 0 Å². The highest BCUT2D eigenvalue weighted by Gasteiger charge is 2.22. The highest BCUT2D eigenvalue weighted by Crippen LogP contribution is 2.29. The number of carbonyl (C=O) groups is 1. The van der Waals surface area contributed by atoms with Crippen LogP contribution in [-0.4, -0.2) is 29.9 Å². The van der Waals surface area contributed by atoms with Gasteiger partial charge in [-0.25, -0.2) is 0 Å². The number of methoxy groups -OCH3 is 1. The van der Waals surface area contributed by atoms with Crippen LogP contribution in [0.4, 0.5) is 0 Å². The van der Waals surface area contributed by atoms with E-state index in [0.29, 0.717) is 19.0 Å². The quantitative estimate of drug-likeness (QED) is 0.795. The van der Waals surface area contributed by atoms with Crippen molar-refractivity contribution < 1.29 is 9.53 Å². The minimum absolute atomic E-state index is 0.185. The maximum absolute atomic E-state index is 11.1. The highest BCUT2D eigenvalue weighted by atomic mass is 16.5. The van der Waals surface area contributed by atoms with Gasteiger partial charge < -0.3 is 10.1 Å². The Morgan fingerprint density at radius 3 is 3.24 bits per heavy atom. The summed E-state index contributed by atoms with van der Waals surface area (Å²) in [6, 6.07) is 0.408. The van der Waals surface area contributed by atoms with Crippen LogP contribution in [0.5, 0.6) is 0 Å². The summed E-state index contributed by atoms with van der Waals surface area (Å²) in [5.41, 5.74) is 2.54. The smallest absolute Gasteiger partial charge is 0.307 e. The molecule has 0 bridgehead atoms. The Labute approximate surface area is 101 Å². The lowest BCUT2D eigenvalue weighted by molar-refractivity contribution is -0.140. The number of aryl methyl sites for hydroxylation is 1. The first-order valence-electron chi connectivity index (χ1n) is 6.05. The Morgan fingerprint density at radius 1 is 1.71 bits per heavy atom. The summed E-state index contributed by atoms with van der Waals surface area (Å²) < 4.78 is 6.58. The van der Waals surface area contributed by atoms with Crippen LogP contribution in [0, 0.1) is 0 Å². The summed E-state index contributed by atoms with van der Waals surface area (Å²) in [6.07, 6.45) is 5.69. The number of aromatic nitrogens is 2. The van der Waals surface area contributed by atoms with Crippen molar-refractivity contribution in [1.82, 2.24) is 15.1 Å². The van der Waals surface area contributed by atoms with Crippen molar-refractivity contribution in [2.45, 2.75) is 38.3 Å². The van der Waals surface area contributed by atoms with Gasteiger partial charge in [-0.2, -0.15) is 5.10 Å². The van der Waals surface area contributed by atoms with E-state index in [1.54, 1.807) is 0 Å². The molecule has 5 heteroatoms. The summed E-state index contributed by atoms with van der Waals surface area (Å²) in [4.78, 5) is 11.1. The van der Waals surface area contributed by atoms with E-state index in [1.807, 2.05) is 17.9 Å². The molecule has 1 aromatic rings. The molecule has 1 N–H and O–H groups in total. The van der Waals surface area contributed by atoms with E-state index in [9.17, 15) is 4.79 Å². The largest absolute Gasteiger partial charge is 0.469 e. The molecule has 2 rings (SSSR count). The summed E-state index contributed by atoms with van der Waals surface area (Å²) in [5, 5.41) is 7.68. The monoisotopic (exact) mass is 237 g/mol. The number of ether oxygens (including phenoxy) is 1. The topological polar surface area (TPSA) is 56.2 Å². The van der Waals surface area contributed by atoms with Gasteiger partial charge in [0.25, 0.3) is 0 Å². The fraction of sp³-hybridized carbons (Fsp3) is 0.667. The normalized spacial score (nSPS) is 18.8. The molecular formula is C12H19N3O2. The van der Waals surface area contributed by atoms with Crippen molar-refractivity contribution in [3.63, 3.8) is 0 Å². The zero-order valence-corrected chi connectivity index (χ0v) is 10.4. The first-order chi connectivity index (χ1) is 8.26. The number of rotatable bonds is 4. The lowest BCUT2D eigenvalue weighted by atomic mass is 9.93. The van der Waals surface area contributed by atoms with Gasteiger partial charge in [0, 0.05) is 17.3 Å². The van der Waals surface area contributed by atoms with Crippen LogP contribution in [-0.2, 0) is 22.5 Å². The van der Waals surface area contributed by atoms with Crippen LogP contribution >= 0.6 is 0 Å². The lowest BCUT2D eigenvalue weighted by Gasteiger charge is -2.22. The molecule has 0 fully saturated rings. The SMILES string of the molecule is CN[C@@H]1CCCc2c1cnn2CCC(=O)OC. The van der Waals surface area contributed by atoms with Gasteiger partial charge in [-0.05, 0) is 26.3 Å². The molecule has 0 amide bonds. The maximum Gasteiger partial charge on any atom is 0.307 e. The standard InChI is InChI=1S/C12H19N3O2/c1-13-10-4-3-5-11-9(10)8-14-15(11)7-6-12(16)17-2/h8,10,13H,3-7H2,1-2H3/t10-/m1/s1. The van der Waals surface area contributed by atoms with Gasteiger partial charge in [0.05, 0.1) is 26.3 Å². The molecule has 1 aliphatic carbocycles. The average Bonchev–Trinajstić information content (AvgIpc) is 2.78. The third-order valence-electron chi connectivity index (χ3n) is 3.37. The van der Waals surface area contributed by atoms with Gasteiger partial charge in [-0.3, -0.25) is 9.48 Å². The number of nitrogens with one attached hydrogen (secondary N) is 1. The molecule has 1 heterocycles. The number of fused-ring (bicyclic) bond motifs is 1. The van der Waals surface area contributed by atoms with E-state index in [0.717, 1.165) is 12.8 Å². The van der Waals surface area contributed by atoms with Gasteiger partial charge in [-0.1, -0.05) is 0 Å². The van der Waals surface area contributed by atoms with E-state index in [-0.39, 0.29) is 5.97 Å². The van der Waals surface area contributed by atoms with Crippen molar-refractivity contribution in [1.29, 1.82) is 0 Å². The molecule has 0 spiro atoms. The van der Waals surface area contributed by atoms with E-state index in [4.69, 9.17) is 0 Å². The van der Waals surface area contributed by atoms with Crippen LogP contribution < -0.4 is 5.32 Å². The number of hydrogen-bond acceptors (Lipinski definition) is 4. The third kappa shape index (κ3) is 2.49. The Bertz CT molecular complexity index is 400. The summed E-state index contributed by atoms with van der Waals surface area (Å²) in [6.45, 7) is 0.610. The minimum atomic E-state index is -0.185. The second-order valence-corrected chi connectivity index (χ2v) is 4.33. The van der Waals surface area contributed by atoms with Gasteiger partial charge in [0.15, 0.2) is 0 Å². The summed E-state index contributed by atoms with van der Waals surface area (Å²) in [7, 11) is 3.39. The Kier molecular flexibility index (Phi) is 3.78. The molecule has 1 atom stereocenters. The zero-order valence-electron chi connectivity index (χ0n) is 10.4. The second-order valence-electron chi connectivity index (χ2n) is 4.33. The number of carbonyl (C=O) groups excluding carboxylic acids is 1. The van der Waals surface area contributed by atoms with E-state index in [1.165, 1.54) is 24.8 Å². The predicted octanol–water partition coefficient (Wildman–Crippen LogP) is 1.04. The highest BCUT2D eigenvalue weighted by molar-refractivity contribution is 5.68. The van der Waals surface area contributed by atoms with E-state index in [2.05, 4.69) is 15.2 Å². The van der Waals surface area contributed by atoms with Crippen molar-refractivity contribution in [3.8, 4) is 0 Å². The molecule has 0 unspecified atom stereocenters. The summed E-state index contributed by atoms with van der Waals surface area (Å²) in [5.74, 6) is -0.185. The second kappa shape index (κ2) is 5.31. The molecule has 1 aromatic heterocycles. The Balaban J connectivity index is 2.09. The Hall–Kier alpha value is -1.36. The summed E-state index contributed by atoms with van der Waals surface area (Å²) >= 11 is 0. The fourth-order valence-electron chi connectivity index (χ4n) is 2.41. The van der Waals surface area contributed by atoms with Gasteiger partial charge >= 0.3 is 5.97 Å². The molecular weight excluding hydrogens is 218 g/mol. The average molecular weight is 237 g/mol. The van der Waals surface area contributed by atoms with Crippen molar-refractivity contribution in [2.75, 3.05) is 14.2 Å². The molecule has 17 heavy (non-hydrogen) atoms. The predicted molar refractivity (Wildman–Crippen MR) is 63.6 cm³/mol. The van der Waals surface area contributed by atoms with Crippen molar-refractivity contribution in [3.05, 3.63) is 17.5 Å². The Morgan fingerprint density at radius 2 is 2.53 bits per heavy atom. The molecule has 0 saturated carbocycles. The zero-order chi connectivity index (χ0) is 12.3. The van der Waals surface area contributed by atoms with Crippen LogP contribution in [0.15, 0.2) is 6.20 Å². The van der Waals surface area contributed by atoms with Crippen LogP contribution in [0.2, 0.25) is 0 Å². The molecule has 0 saturated heterocycles. The molecule has 0 radical (unpaired) electrons. The van der Waals surface area contributed by atoms with E-state index >= 15 is 0 Å². The molecule has 94 valence electrons. The first kappa shape index (κ1) is 12.1. The minimum Gasteiger partial charge on any atom is -0.469 e. The van der Waals surface area contributed by atoms with Crippen LogP contribution in [0.3, 0.4) is 0 Å². The number of hydrogen-bond donors (Lipinski definition) is 1. The van der Waals surface area contributed by atoms with Crippen LogP contribution in [0.1, 0.15) is 36.6 Å².